The van der Waals surface area contributed by atoms with Crippen LogP contribution in [0.3, 0.4) is 0 Å². The van der Waals surface area contributed by atoms with Crippen LogP contribution in [0.15, 0.2) is 28.7 Å². The van der Waals surface area contributed by atoms with Crippen LogP contribution in [0.2, 0.25) is 0 Å². The molecule has 1 saturated heterocycles. The van der Waals surface area contributed by atoms with Gasteiger partial charge < -0.3 is 15.4 Å². The Balaban J connectivity index is 0.00000192. The van der Waals surface area contributed by atoms with Gasteiger partial charge in [-0.25, -0.2) is 0 Å². The molecular formula is C17H24BrClN2O2. The van der Waals surface area contributed by atoms with Gasteiger partial charge in [-0.2, -0.15) is 0 Å². The molecule has 2 fully saturated rings. The van der Waals surface area contributed by atoms with Gasteiger partial charge in [0.1, 0.15) is 6.10 Å². The summed E-state index contributed by atoms with van der Waals surface area (Å²) in [4.78, 5) is 14.7. The van der Waals surface area contributed by atoms with Crippen molar-refractivity contribution in [1.29, 1.82) is 0 Å². The van der Waals surface area contributed by atoms with Crippen LogP contribution >= 0.6 is 28.3 Å². The summed E-state index contributed by atoms with van der Waals surface area (Å²) in [6.07, 6.45) is 3.90. The number of ether oxygens (including phenoxy) is 1. The standard InChI is InChI=1S/C17H23BrN2O2.ClH/c18-14-6-4-12(5-7-14)16-11-20(8-9-22-16)17(21)13-2-1-3-15(19)10-13;/h4-7,13,15-16H,1-3,8-11,19H2;1H. The van der Waals surface area contributed by atoms with Crippen LogP contribution in [-0.2, 0) is 9.53 Å². The van der Waals surface area contributed by atoms with E-state index in [1.165, 1.54) is 0 Å². The summed E-state index contributed by atoms with van der Waals surface area (Å²) in [5.74, 6) is 0.368. The van der Waals surface area contributed by atoms with Crippen molar-refractivity contribution in [2.45, 2.75) is 37.8 Å². The van der Waals surface area contributed by atoms with Crippen molar-refractivity contribution in [2.75, 3.05) is 19.7 Å². The molecule has 0 spiro atoms. The minimum Gasteiger partial charge on any atom is -0.370 e. The van der Waals surface area contributed by atoms with E-state index in [0.29, 0.717) is 19.7 Å². The van der Waals surface area contributed by atoms with Gasteiger partial charge in [-0.15, -0.1) is 12.4 Å². The molecule has 1 aliphatic carbocycles. The van der Waals surface area contributed by atoms with Gasteiger partial charge in [0.25, 0.3) is 0 Å². The third-order valence-electron chi connectivity index (χ3n) is 4.68. The molecule has 4 nitrogen and oxygen atoms in total. The first kappa shape index (κ1) is 18.7. The minimum absolute atomic E-state index is 0. The maximum absolute atomic E-state index is 12.7. The van der Waals surface area contributed by atoms with E-state index >= 15 is 0 Å². The van der Waals surface area contributed by atoms with Crippen molar-refractivity contribution in [2.24, 2.45) is 11.7 Å². The highest BCUT2D eigenvalue weighted by molar-refractivity contribution is 9.10. The number of benzene rings is 1. The Morgan fingerprint density at radius 2 is 2.00 bits per heavy atom. The first-order chi connectivity index (χ1) is 10.6. The van der Waals surface area contributed by atoms with Crippen LogP contribution in [0.4, 0.5) is 0 Å². The number of carbonyl (C=O) groups is 1. The highest BCUT2D eigenvalue weighted by atomic mass is 79.9. The second kappa shape index (κ2) is 8.47. The molecule has 0 bridgehead atoms. The topological polar surface area (TPSA) is 55.6 Å². The van der Waals surface area contributed by atoms with Crippen LogP contribution in [-0.4, -0.2) is 36.5 Å². The highest BCUT2D eigenvalue weighted by Crippen LogP contribution is 2.28. The van der Waals surface area contributed by atoms with Crippen molar-refractivity contribution < 1.29 is 9.53 Å². The lowest BCUT2D eigenvalue weighted by atomic mass is 9.85. The Morgan fingerprint density at radius 1 is 1.26 bits per heavy atom. The zero-order valence-electron chi connectivity index (χ0n) is 13.1. The summed E-state index contributed by atoms with van der Waals surface area (Å²) >= 11 is 3.45. The zero-order chi connectivity index (χ0) is 15.5. The Bertz CT molecular complexity index is 526. The molecule has 2 aliphatic rings. The molecule has 3 atom stereocenters. The van der Waals surface area contributed by atoms with E-state index in [0.717, 1.165) is 35.7 Å². The second-order valence-corrected chi connectivity index (χ2v) is 7.23. The smallest absolute Gasteiger partial charge is 0.225 e. The van der Waals surface area contributed by atoms with Crippen LogP contribution in [0.25, 0.3) is 0 Å². The molecular weight excluding hydrogens is 380 g/mol. The summed E-state index contributed by atoms with van der Waals surface area (Å²) in [5, 5.41) is 0. The molecule has 1 heterocycles. The number of rotatable bonds is 2. The molecule has 23 heavy (non-hydrogen) atoms. The van der Waals surface area contributed by atoms with Gasteiger partial charge in [0.05, 0.1) is 13.2 Å². The molecule has 3 unspecified atom stereocenters. The van der Waals surface area contributed by atoms with Gasteiger partial charge >= 0.3 is 0 Å². The minimum atomic E-state index is -0.0249. The third-order valence-corrected chi connectivity index (χ3v) is 5.21. The van der Waals surface area contributed by atoms with E-state index in [4.69, 9.17) is 10.5 Å². The molecule has 1 aliphatic heterocycles. The predicted octanol–water partition coefficient (Wildman–Crippen LogP) is 3.29. The van der Waals surface area contributed by atoms with Crippen molar-refractivity contribution >= 4 is 34.2 Å². The number of hydrogen-bond donors (Lipinski definition) is 1. The Hall–Kier alpha value is -0.620. The van der Waals surface area contributed by atoms with E-state index in [1.54, 1.807) is 0 Å². The third kappa shape index (κ3) is 4.69. The normalized spacial score (nSPS) is 28.1. The van der Waals surface area contributed by atoms with Gasteiger partial charge in [-0.1, -0.05) is 34.5 Å². The zero-order valence-corrected chi connectivity index (χ0v) is 15.5. The summed E-state index contributed by atoms with van der Waals surface area (Å²) in [5.41, 5.74) is 7.15. The summed E-state index contributed by atoms with van der Waals surface area (Å²) in [7, 11) is 0. The van der Waals surface area contributed by atoms with Crippen molar-refractivity contribution in [1.82, 2.24) is 4.90 Å². The van der Waals surface area contributed by atoms with Crippen LogP contribution in [0.1, 0.15) is 37.4 Å². The van der Waals surface area contributed by atoms with Crippen LogP contribution < -0.4 is 5.73 Å². The van der Waals surface area contributed by atoms with Crippen molar-refractivity contribution in [3.05, 3.63) is 34.3 Å². The van der Waals surface area contributed by atoms with Gasteiger partial charge in [0, 0.05) is 23.0 Å². The van der Waals surface area contributed by atoms with Gasteiger partial charge in [-0.05, 0) is 37.0 Å². The Kier molecular flexibility index (Phi) is 6.89. The number of nitrogens with two attached hydrogens (primary N) is 1. The van der Waals surface area contributed by atoms with E-state index in [1.807, 2.05) is 17.0 Å². The Labute approximate surface area is 152 Å². The fraction of sp³-hybridized carbons (Fsp3) is 0.588. The van der Waals surface area contributed by atoms with Gasteiger partial charge in [0.2, 0.25) is 5.91 Å². The average molecular weight is 404 g/mol. The van der Waals surface area contributed by atoms with E-state index in [-0.39, 0.29) is 36.4 Å². The van der Waals surface area contributed by atoms with Gasteiger partial charge in [-0.3, -0.25) is 4.79 Å². The van der Waals surface area contributed by atoms with Gasteiger partial charge in [0.15, 0.2) is 0 Å². The molecule has 0 radical (unpaired) electrons. The number of morpholine rings is 1. The summed E-state index contributed by atoms with van der Waals surface area (Å²) < 4.78 is 6.91. The Morgan fingerprint density at radius 3 is 2.70 bits per heavy atom. The van der Waals surface area contributed by atoms with E-state index in [9.17, 15) is 4.79 Å². The predicted molar refractivity (Wildman–Crippen MR) is 96.6 cm³/mol. The lowest BCUT2D eigenvalue weighted by Crippen LogP contribution is -2.46. The first-order valence-corrected chi connectivity index (χ1v) is 8.84. The molecule has 1 saturated carbocycles. The lowest BCUT2D eigenvalue weighted by molar-refractivity contribution is -0.144. The summed E-state index contributed by atoms with van der Waals surface area (Å²) in [6, 6.07) is 8.32. The number of carbonyl (C=O) groups excluding carboxylic acids is 1. The lowest BCUT2D eigenvalue weighted by Gasteiger charge is -2.37. The molecule has 2 N–H and O–H groups in total. The molecule has 3 rings (SSSR count). The monoisotopic (exact) mass is 402 g/mol. The SMILES string of the molecule is Cl.NC1CCCC(C(=O)N2CCOC(c3ccc(Br)cc3)C2)C1. The molecule has 6 heteroatoms. The number of hydrogen-bond acceptors (Lipinski definition) is 3. The fourth-order valence-corrected chi connectivity index (χ4v) is 3.70. The fourth-order valence-electron chi connectivity index (χ4n) is 3.44. The van der Waals surface area contributed by atoms with Crippen LogP contribution in [0, 0.1) is 5.92 Å². The second-order valence-electron chi connectivity index (χ2n) is 6.32. The summed E-state index contributed by atoms with van der Waals surface area (Å²) in [6.45, 7) is 1.94. The van der Waals surface area contributed by atoms with E-state index in [2.05, 4.69) is 28.1 Å². The quantitative estimate of drug-likeness (QED) is 0.824. The molecule has 1 aromatic carbocycles. The largest absolute Gasteiger partial charge is 0.370 e. The molecule has 128 valence electrons. The van der Waals surface area contributed by atoms with Crippen molar-refractivity contribution in [3.8, 4) is 0 Å². The van der Waals surface area contributed by atoms with Crippen molar-refractivity contribution in [3.63, 3.8) is 0 Å². The number of nitrogens with zero attached hydrogens (tertiary/aromatic N) is 1. The molecule has 1 amide bonds. The number of amides is 1. The van der Waals surface area contributed by atoms with Crippen LogP contribution in [0.5, 0.6) is 0 Å². The highest BCUT2D eigenvalue weighted by Gasteiger charge is 2.32. The molecule has 0 aromatic heterocycles. The maximum atomic E-state index is 12.7. The average Bonchev–Trinajstić information content (AvgIpc) is 2.55. The molecule has 1 aromatic rings. The van der Waals surface area contributed by atoms with E-state index < -0.39 is 0 Å². The maximum Gasteiger partial charge on any atom is 0.225 e. The first-order valence-electron chi connectivity index (χ1n) is 8.05. The number of halogens is 2.